The number of amides is 1. The smallest absolute Gasteiger partial charge is 0.253 e. The molecule has 0 unspecified atom stereocenters. The van der Waals surface area contributed by atoms with Crippen molar-refractivity contribution in [3.63, 3.8) is 0 Å². The highest BCUT2D eigenvalue weighted by Gasteiger charge is 2.14. The number of nitrogens with one attached hydrogen (secondary N) is 1. The zero-order valence-electron chi connectivity index (χ0n) is 12.8. The number of aromatic nitrogens is 2. The lowest BCUT2D eigenvalue weighted by molar-refractivity contribution is 0.0916. The molecule has 1 amide bonds. The van der Waals surface area contributed by atoms with E-state index in [-0.39, 0.29) is 18.2 Å². The van der Waals surface area contributed by atoms with Crippen LogP contribution in [0.15, 0.2) is 67.0 Å². The van der Waals surface area contributed by atoms with Gasteiger partial charge in [0, 0.05) is 18.9 Å². The number of aliphatic hydroxyl groups is 1. The lowest BCUT2D eigenvalue weighted by Crippen LogP contribution is -2.29. The first-order valence-electron chi connectivity index (χ1n) is 7.49. The van der Waals surface area contributed by atoms with Gasteiger partial charge in [-0.3, -0.25) is 4.79 Å². The Balaban J connectivity index is 1.71. The van der Waals surface area contributed by atoms with Crippen molar-refractivity contribution in [2.75, 3.05) is 6.54 Å². The highest BCUT2D eigenvalue weighted by Crippen LogP contribution is 2.17. The Hall–Kier alpha value is -3.12. The van der Waals surface area contributed by atoms with Gasteiger partial charge in [0.05, 0.1) is 17.4 Å². The van der Waals surface area contributed by atoms with E-state index in [9.17, 15) is 15.0 Å². The van der Waals surface area contributed by atoms with Gasteiger partial charge in [-0.2, -0.15) is 5.10 Å². The minimum Gasteiger partial charge on any atom is -0.508 e. The topological polar surface area (TPSA) is 87.4 Å². The molecule has 1 aromatic heterocycles. The number of carbonyl (C=O) groups excluding carboxylic acids is 1. The van der Waals surface area contributed by atoms with Crippen molar-refractivity contribution in [1.29, 1.82) is 0 Å². The first-order chi connectivity index (χ1) is 11.6. The van der Waals surface area contributed by atoms with E-state index in [1.165, 1.54) is 12.1 Å². The average Bonchev–Trinajstić information content (AvgIpc) is 3.14. The van der Waals surface area contributed by atoms with E-state index >= 15 is 0 Å². The third kappa shape index (κ3) is 3.44. The van der Waals surface area contributed by atoms with Gasteiger partial charge < -0.3 is 15.5 Å². The van der Waals surface area contributed by atoms with Crippen molar-refractivity contribution in [2.45, 2.75) is 6.10 Å². The second kappa shape index (κ2) is 6.97. The summed E-state index contributed by atoms with van der Waals surface area (Å²) in [6.07, 6.45) is 2.55. The Morgan fingerprint density at radius 1 is 1.12 bits per heavy atom. The van der Waals surface area contributed by atoms with Crippen molar-refractivity contribution in [2.24, 2.45) is 0 Å². The number of rotatable bonds is 5. The first-order valence-corrected chi connectivity index (χ1v) is 7.49. The number of para-hydroxylation sites is 1. The minimum atomic E-state index is -0.855. The van der Waals surface area contributed by atoms with Gasteiger partial charge in [0.1, 0.15) is 5.75 Å². The number of phenolic OH excluding ortho intramolecular Hbond substituents is 1. The van der Waals surface area contributed by atoms with E-state index in [0.29, 0.717) is 16.8 Å². The lowest BCUT2D eigenvalue weighted by atomic mass is 10.1. The molecule has 2 aromatic carbocycles. The molecular formula is C18H17N3O3. The number of aromatic hydroxyl groups is 1. The molecule has 3 N–H and O–H groups in total. The van der Waals surface area contributed by atoms with Crippen molar-refractivity contribution < 1.29 is 15.0 Å². The zero-order valence-corrected chi connectivity index (χ0v) is 12.8. The van der Waals surface area contributed by atoms with Gasteiger partial charge >= 0.3 is 0 Å². The van der Waals surface area contributed by atoms with E-state index in [0.717, 1.165) is 0 Å². The first kappa shape index (κ1) is 15.8. The molecule has 1 atom stereocenters. The predicted molar refractivity (Wildman–Crippen MR) is 89.0 cm³/mol. The minimum absolute atomic E-state index is 0.0665. The summed E-state index contributed by atoms with van der Waals surface area (Å²) in [7, 11) is 0. The van der Waals surface area contributed by atoms with Gasteiger partial charge in [-0.25, -0.2) is 4.68 Å². The molecule has 0 saturated carbocycles. The molecule has 0 aliphatic rings. The predicted octanol–water partition coefficient (Wildman–Crippen LogP) is 2.04. The van der Waals surface area contributed by atoms with Crippen LogP contribution in [0.5, 0.6) is 5.75 Å². The monoisotopic (exact) mass is 323 g/mol. The second-order valence-electron chi connectivity index (χ2n) is 5.29. The van der Waals surface area contributed by atoms with Crippen LogP contribution in [0.1, 0.15) is 22.0 Å². The van der Waals surface area contributed by atoms with E-state index in [1.54, 1.807) is 53.5 Å². The summed E-state index contributed by atoms with van der Waals surface area (Å²) >= 11 is 0. The maximum atomic E-state index is 12.4. The normalized spacial score (nSPS) is 11.9. The highest BCUT2D eigenvalue weighted by atomic mass is 16.3. The van der Waals surface area contributed by atoms with Crippen molar-refractivity contribution in [3.8, 4) is 11.4 Å². The van der Waals surface area contributed by atoms with E-state index in [1.807, 2.05) is 6.07 Å². The maximum absolute atomic E-state index is 12.4. The van der Waals surface area contributed by atoms with Crippen LogP contribution in [0.25, 0.3) is 5.69 Å². The van der Waals surface area contributed by atoms with Crippen LogP contribution in [0.2, 0.25) is 0 Å². The average molecular weight is 323 g/mol. The number of phenols is 1. The summed E-state index contributed by atoms with van der Waals surface area (Å²) in [5.41, 5.74) is 1.76. The van der Waals surface area contributed by atoms with Gasteiger partial charge in [0.25, 0.3) is 5.91 Å². The number of nitrogens with zero attached hydrogens (tertiary/aromatic N) is 2. The largest absolute Gasteiger partial charge is 0.508 e. The summed E-state index contributed by atoms with van der Waals surface area (Å²) in [6, 6.07) is 15.1. The van der Waals surface area contributed by atoms with Crippen molar-refractivity contribution >= 4 is 5.91 Å². The molecule has 1 heterocycles. The van der Waals surface area contributed by atoms with Gasteiger partial charge in [-0.05, 0) is 35.9 Å². The van der Waals surface area contributed by atoms with Crippen LogP contribution < -0.4 is 5.32 Å². The molecule has 0 aliphatic carbocycles. The Labute approximate surface area is 139 Å². The number of hydrogen-bond acceptors (Lipinski definition) is 4. The number of aliphatic hydroxyl groups excluding tert-OH is 1. The quantitative estimate of drug-likeness (QED) is 0.670. The Kier molecular flexibility index (Phi) is 4.58. The molecule has 6 heteroatoms. The third-order valence-electron chi connectivity index (χ3n) is 3.63. The van der Waals surface area contributed by atoms with Crippen LogP contribution in [0, 0.1) is 0 Å². The van der Waals surface area contributed by atoms with Crippen LogP contribution in [0.3, 0.4) is 0 Å². The van der Waals surface area contributed by atoms with Crippen LogP contribution in [-0.2, 0) is 0 Å². The summed E-state index contributed by atoms with van der Waals surface area (Å²) in [6.45, 7) is 0.0665. The fourth-order valence-corrected chi connectivity index (χ4v) is 2.38. The molecule has 0 bridgehead atoms. The third-order valence-corrected chi connectivity index (χ3v) is 3.63. The van der Waals surface area contributed by atoms with Gasteiger partial charge in [-0.15, -0.1) is 0 Å². The van der Waals surface area contributed by atoms with Gasteiger partial charge in [0.15, 0.2) is 0 Å². The summed E-state index contributed by atoms with van der Waals surface area (Å²) in [4.78, 5) is 12.4. The van der Waals surface area contributed by atoms with E-state index in [2.05, 4.69) is 10.4 Å². The molecule has 6 nitrogen and oxygen atoms in total. The number of hydrogen-bond donors (Lipinski definition) is 3. The number of benzene rings is 2. The molecule has 3 aromatic rings. The Morgan fingerprint density at radius 3 is 2.58 bits per heavy atom. The van der Waals surface area contributed by atoms with Crippen molar-refractivity contribution in [1.82, 2.24) is 15.1 Å². The fourth-order valence-electron chi connectivity index (χ4n) is 2.38. The molecule has 3 rings (SSSR count). The second-order valence-corrected chi connectivity index (χ2v) is 5.29. The molecule has 0 aliphatic heterocycles. The van der Waals surface area contributed by atoms with Crippen molar-refractivity contribution in [3.05, 3.63) is 78.1 Å². The molecule has 0 radical (unpaired) electrons. The fraction of sp³-hybridized carbons (Fsp3) is 0.111. The van der Waals surface area contributed by atoms with Gasteiger partial charge in [-0.1, -0.05) is 24.3 Å². The molecule has 24 heavy (non-hydrogen) atoms. The highest BCUT2D eigenvalue weighted by molar-refractivity contribution is 5.97. The van der Waals surface area contributed by atoms with E-state index < -0.39 is 6.10 Å². The summed E-state index contributed by atoms with van der Waals surface area (Å²) in [5.74, 6) is -0.165. The summed E-state index contributed by atoms with van der Waals surface area (Å²) in [5, 5.41) is 26.3. The standard InChI is InChI=1S/C18H17N3O3/c22-14-8-6-13(7-9-14)17(23)12-19-18(24)15-4-1-2-5-16(15)21-11-3-10-20-21/h1-11,17,22-23H,12H2,(H,19,24)/t17-/m1/s1. The van der Waals surface area contributed by atoms with Crippen LogP contribution >= 0.6 is 0 Å². The van der Waals surface area contributed by atoms with Crippen LogP contribution in [-0.4, -0.2) is 32.4 Å². The molecule has 0 spiro atoms. The maximum Gasteiger partial charge on any atom is 0.253 e. The number of carbonyl (C=O) groups is 1. The molecule has 0 saturated heterocycles. The van der Waals surface area contributed by atoms with E-state index in [4.69, 9.17) is 0 Å². The Bertz CT molecular complexity index is 814. The molecular weight excluding hydrogens is 306 g/mol. The molecule has 0 fully saturated rings. The van der Waals surface area contributed by atoms with Gasteiger partial charge in [0.2, 0.25) is 0 Å². The SMILES string of the molecule is O=C(NC[C@@H](O)c1ccc(O)cc1)c1ccccc1-n1cccn1. The van der Waals surface area contributed by atoms with Crippen LogP contribution in [0.4, 0.5) is 0 Å². The lowest BCUT2D eigenvalue weighted by Gasteiger charge is -2.14. The zero-order chi connectivity index (χ0) is 16.9. The molecule has 122 valence electrons. The summed E-state index contributed by atoms with van der Waals surface area (Å²) < 4.78 is 1.62. The Morgan fingerprint density at radius 2 is 1.88 bits per heavy atom.